The van der Waals surface area contributed by atoms with Crippen LogP contribution in [0.4, 0.5) is 0 Å². The van der Waals surface area contributed by atoms with Crippen LogP contribution in [0.25, 0.3) is 0 Å². The van der Waals surface area contributed by atoms with E-state index in [1.807, 2.05) is 20.8 Å². The summed E-state index contributed by atoms with van der Waals surface area (Å²) >= 11 is 0. The first-order valence-corrected chi connectivity index (χ1v) is 20.8. The maximum atomic E-state index is 13.0. The van der Waals surface area contributed by atoms with Crippen molar-refractivity contribution in [3.8, 4) is 0 Å². The molecule has 2 fully saturated rings. The normalized spacial score (nSPS) is 22.1. The van der Waals surface area contributed by atoms with Gasteiger partial charge in [0, 0.05) is 13.8 Å². The number of cyclic esters (lactones) is 2. The van der Waals surface area contributed by atoms with Crippen molar-refractivity contribution in [2.75, 3.05) is 19.8 Å². The van der Waals surface area contributed by atoms with Crippen LogP contribution >= 0.6 is 0 Å². The van der Waals surface area contributed by atoms with Crippen molar-refractivity contribution in [1.82, 2.24) is 0 Å². The summed E-state index contributed by atoms with van der Waals surface area (Å²) in [5.74, 6) is -9.45. The second kappa shape index (κ2) is 22.0. The predicted octanol–water partition coefficient (Wildman–Crippen LogP) is 5.70. The minimum absolute atomic E-state index is 0.210. The topological polar surface area (TPSA) is 218 Å². The molecule has 344 valence electrons. The molecule has 4 atom stereocenters. The highest BCUT2D eigenvalue weighted by atomic mass is 16.8. The highest BCUT2D eigenvalue weighted by molar-refractivity contribution is 6.01. The number of aliphatic hydroxyl groups is 5. The van der Waals surface area contributed by atoms with Crippen LogP contribution in [-0.2, 0) is 52.2 Å². The summed E-state index contributed by atoms with van der Waals surface area (Å²) in [6.45, 7) is 25.3. The molecule has 16 heteroatoms. The zero-order valence-electron chi connectivity index (χ0n) is 38.2. The van der Waals surface area contributed by atoms with E-state index >= 15 is 0 Å². The molecule has 2 heterocycles. The van der Waals surface area contributed by atoms with E-state index in [4.69, 9.17) is 42.6 Å². The van der Waals surface area contributed by atoms with Gasteiger partial charge in [-0.2, -0.15) is 0 Å². The summed E-state index contributed by atoms with van der Waals surface area (Å²) in [5.41, 5.74) is -1.34. The zero-order valence-corrected chi connectivity index (χ0v) is 38.2. The second-order valence-corrected chi connectivity index (χ2v) is 18.8. The molecule has 0 radical (unpaired) electrons. The van der Waals surface area contributed by atoms with E-state index in [9.17, 15) is 35.1 Å². The van der Waals surface area contributed by atoms with Crippen LogP contribution < -0.4 is 0 Å². The first kappa shape index (κ1) is 54.5. The average molecular weight is 841 g/mol. The van der Waals surface area contributed by atoms with Gasteiger partial charge in [0.25, 0.3) is 5.79 Å². The third-order valence-electron chi connectivity index (χ3n) is 8.82. The number of esters is 2. The largest absolute Gasteiger partial charge is 0.422 e. The van der Waals surface area contributed by atoms with Gasteiger partial charge in [-0.3, -0.25) is 9.59 Å². The molecular weight excluding hydrogens is 760 g/mol. The van der Waals surface area contributed by atoms with Crippen LogP contribution in [0.1, 0.15) is 168 Å². The summed E-state index contributed by atoms with van der Waals surface area (Å²) in [7, 11) is 0. The fourth-order valence-electron chi connectivity index (χ4n) is 6.72. The van der Waals surface area contributed by atoms with Crippen molar-refractivity contribution in [2.45, 2.75) is 233 Å². The number of carbonyl (C=O) groups excluding carboxylic acids is 2. The lowest BCUT2D eigenvalue weighted by Crippen LogP contribution is -2.54. The summed E-state index contributed by atoms with van der Waals surface area (Å²) < 4.78 is 50.8. The van der Waals surface area contributed by atoms with E-state index in [2.05, 4.69) is 0 Å². The number of ether oxygens (including phenoxy) is 9. The Morgan fingerprint density at radius 3 is 1.50 bits per heavy atom. The molecule has 2 aliphatic heterocycles. The van der Waals surface area contributed by atoms with Gasteiger partial charge in [-0.25, -0.2) is 0 Å². The van der Waals surface area contributed by atoms with E-state index in [-0.39, 0.29) is 12.5 Å². The molecule has 0 aromatic heterocycles. The van der Waals surface area contributed by atoms with Gasteiger partial charge >= 0.3 is 11.9 Å². The van der Waals surface area contributed by atoms with E-state index in [1.54, 1.807) is 83.1 Å². The molecule has 2 rings (SSSR count). The molecular formula is C42H80O16. The van der Waals surface area contributed by atoms with Gasteiger partial charge in [0.1, 0.15) is 6.10 Å². The fourth-order valence-corrected chi connectivity index (χ4v) is 6.72. The Morgan fingerprint density at radius 1 is 0.586 bits per heavy atom. The van der Waals surface area contributed by atoms with Crippen LogP contribution in [0.15, 0.2) is 0 Å². The van der Waals surface area contributed by atoms with E-state index in [0.717, 1.165) is 0 Å². The fraction of sp³-hybridized carbons (Fsp3) is 0.952. The Morgan fingerprint density at radius 2 is 1.05 bits per heavy atom. The molecule has 2 saturated heterocycles. The van der Waals surface area contributed by atoms with E-state index in [1.165, 1.54) is 0 Å². The molecule has 0 bridgehead atoms. The molecule has 0 saturated carbocycles. The van der Waals surface area contributed by atoms with Gasteiger partial charge in [-0.1, -0.05) is 13.3 Å². The van der Waals surface area contributed by atoms with E-state index < -0.39 is 76.2 Å². The first-order valence-electron chi connectivity index (χ1n) is 20.8. The van der Waals surface area contributed by atoms with Crippen LogP contribution in [0, 0.1) is 5.41 Å². The maximum absolute atomic E-state index is 13.0. The monoisotopic (exact) mass is 841 g/mol. The van der Waals surface area contributed by atoms with Crippen molar-refractivity contribution in [2.24, 2.45) is 5.41 Å². The van der Waals surface area contributed by atoms with Gasteiger partial charge < -0.3 is 68.2 Å². The molecule has 0 unspecified atom stereocenters. The molecule has 58 heavy (non-hydrogen) atoms. The lowest BCUT2D eigenvalue weighted by Gasteiger charge is -2.40. The summed E-state index contributed by atoms with van der Waals surface area (Å²) in [6.07, 6.45) is 3.53. The highest BCUT2D eigenvalue weighted by Crippen LogP contribution is 2.42. The maximum Gasteiger partial charge on any atom is 0.326 e. The Kier molecular flexibility index (Phi) is 20.7. The molecule has 16 nitrogen and oxygen atoms in total. The van der Waals surface area contributed by atoms with Gasteiger partial charge in [-0.15, -0.1) is 0 Å². The van der Waals surface area contributed by atoms with Crippen molar-refractivity contribution < 1.29 is 77.8 Å². The lowest BCUT2D eigenvalue weighted by molar-refractivity contribution is -0.252. The standard InChI is InChI=1S/C27H48O10.C15H32O6/c1-10-15-27(21(28)36-26(8,9)37-22(27)29)16-11-13-19-20(35-25(6,7)34-19)18(33-24(4,5)31)14-12-17-32-23(2,3)30;1-13(2,16)19-10-7-8-12(21-15(5,6)18)9-11-20-14(3,4)17/h18-20,30-31H,10-17H2,1-9H3;12,16-18H,7-11H2,1-6H3/t18-,19-,20+;12-/m00/s1. The van der Waals surface area contributed by atoms with E-state index in [0.29, 0.717) is 77.6 Å². The first-order chi connectivity index (χ1) is 26.1. The Bertz CT molecular complexity index is 1200. The number of rotatable bonds is 25. The Hall–Kier alpha value is -1.54. The molecule has 0 aliphatic carbocycles. The van der Waals surface area contributed by atoms with Crippen molar-refractivity contribution in [3.05, 3.63) is 0 Å². The third-order valence-corrected chi connectivity index (χ3v) is 8.82. The highest BCUT2D eigenvalue weighted by Gasteiger charge is 2.55. The Labute approximate surface area is 347 Å². The summed E-state index contributed by atoms with van der Waals surface area (Å²) in [4.78, 5) is 25.9. The number of hydrogen-bond acceptors (Lipinski definition) is 16. The summed E-state index contributed by atoms with van der Waals surface area (Å²) in [5, 5.41) is 48.9. The number of hydrogen-bond donors (Lipinski definition) is 5. The molecule has 2 aliphatic rings. The van der Waals surface area contributed by atoms with Gasteiger partial charge in [0.15, 0.2) is 40.1 Å². The minimum Gasteiger partial charge on any atom is -0.422 e. The van der Waals surface area contributed by atoms with Crippen molar-refractivity contribution in [1.29, 1.82) is 0 Å². The minimum atomic E-state index is -1.41. The molecule has 0 aromatic rings. The van der Waals surface area contributed by atoms with Crippen LogP contribution in [0.2, 0.25) is 0 Å². The molecule has 0 spiro atoms. The summed E-state index contributed by atoms with van der Waals surface area (Å²) in [6, 6.07) is 0. The van der Waals surface area contributed by atoms with Crippen LogP contribution in [-0.4, -0.2) is 122 Å². The van der Waals surface area contributed by atoms with Gasteiger partial charge in [0.2, 0.25) is 0 Å². The third kappa shape index (κ3) is 22.9. The zero-order chi connectivity index (χ0) is 45.0. The second-order valence-electron chi connectivity index (χ2n) is 18.8. The average Bonchev–Trinajstić information content (AvgIpc) is 3.30. The molecule has 0 amide bonds. The SMILES string of the molecule is CC(C)(O)OCCC[C@@H](CCOC(C)(C)O)OC(C)(C)O.CCCC1(CCC[C@@H]2OC(C)(C)O[C@@H]2[C@H](CCCOC(C)(C)O)OC(C)(C)O)C(=O)OC(C)(C)OC1=O. The molecule has 0 aromatic carbocycles. The van der Waals surface area contributed by atoms with Crippen LogP contribution in [0.5, 0.6) is 0 Å². The molecule has 5 N–H and O–H groups in total. The quantitative estimate of drug-likeness (QED) is 0.0322. The van der Waals surface area contributed by atoms with Gasteiger partial charge in [-0.05, 0) is 141 Å². The van der Waals surface area contributed by atoms with Gasteiger partial charge in [0.05, 0.1) is 38.1 Å². The van der Waals surface area contributed by atoms with Crippen molar-refractivity contribution >= 4 is 11.9 Å². The predicted molar refractivity (Wildman–Crippen MR) is 213 cm³/mol. The van der Waals surface area contributed by atoms with Crippen LogP contribution in [0.3, 0.4) is 0 Å². The number of carbonyl (C=O) groups is 2. The van der Waals surface area contributed by atoms with Crippen molar-refractivity contribution in [3.63, 3.8) is 0 Å². The Balaban J connectivity index is 0.000000682. The lowest BCUT2D eigenvalue weighted by atomic mass is 9.77. The smallest absolute Gasteiger partial charge is 0.326 e.